The van der Waals surface area contributed by atoms with Crippen molar-refractivity contribution in [3.05, 3.63) is 71.3 Å². The molecular weight excluding hydrogens is 234 g/mol. The van der Waals surface area contributed by atoms with Gasteiger partial charge in [-0.15, -0.1) is 0 Å². The molecule has 2 heteroatoms. The first-order chi connectivity index (χ1) is 9.31. The third-order valence-corrected chi connectivity index (χ3v) is 3.45. The van der Waals surface area contributed by atoms with Crippen LogP contribution in [0.1, 0.15) is 16.7 Å². The first-order valence-corrected chi connectivity index (χ1v) is 6.56. The summed E-state index contributed by atoms with van der Waals surface area (Å²) in [5.41, 5.74) is 3.92. The summed E-state index contributed by atoms with van der Waals surface area (Å²) in [6.07, 6.45) is 4.21. The number of fused-ring (bicyclic) bond motifs is 1. The van der Waals surface area contributed by atoms with E-state index in [4.69, 9.17) is 0 Å². The number of aromatic hydroxyl groups is 1. The lowest BCUT2D eigenvalue weighted by Crippen LogP contribution is -2.15. The van der Waals surface area contributed by atoms with E-state index in [9.17, 15) is 5.11 Å². The second-order valence-corrected chi connectivity index (χ2v) is 4.94. The molecule has 0 fully saturated rings. The average Bonchev–Trinajstić information content (AvgIpc) is 2.81. The topological polar surface area (TPSA) is 23.5 Å². The van der Waals surface area contributed by atoms with E-state index in [1.54, 1.807) is 12.1 Å². The van der Waals surface area contributed by atoms with Crippen LogP contribution in [0.15, 0.2) is 54.6 Å². The van der Waals surface area contributed by atoms with Crippen molar-refractivity contribution < 1.29 is 5.11 Å². The molecule has 1 aliphatic rings. The molecule has 19 heavy (non-hydrogen) atoms. The van der Waals surface area contributed by atoms with Gasteiger partial charge in [0.1, 0.15) is 5.75 Å². The Morgan fingerprint density at radius 3 is 2.42 bits per heavy atom. The van der Waals surface area contributed by atoms with Gasteiger partial charge in [0, 0.05) is 19.6 Å². The minimum absolute atomic E-state index is 0.315. The fourth-order valence-corrected chi connectivity index (χ4v) is 2.50. The Morgan fingerprint density at radius 2 is 1.74 bits per heavy atom. The van der Waals surface area contributed by atoms with Crippen molar-refractivity contribution in [1.29, 1.82) is 0 Å². The maximum Gasteiger partial charge on any atom is 0.116 e. The Morgan fingerprint density at radius 1 is 1.00 bits per heavy atom. The zero-order valence-corrected chi connectivity index (χ0v) is 10.8. The molecule has 0 saturated carbocycles. The Balaban J connectivity index is 1.60. The number of phenolic OH excluding ortho intramolecular Hbond substituents is 1. The maximum absolute atomic E-state index is 9.40. The van der Waals surface area contributed by atoms with Gasteiger partial charge in [-0.25, -0.2) is 0 Å². The van der Waals surface area contributed by atoms with Gasteiger partial charge in [0.25, 0.3) is 0 Å². The molecule has 0 spiro atoms. The fourth-order valence-electron chi connectivity index (χ4n) is 2.50. The van der Waals surface area contributed by atoms with Gasteiger partial charge in [-0.3, -0.25) is 4.90 Å². The molecule has 0 amide bonds. The highest BCUT2D eigenvalue weighted by molar-refractivity contribution is 5.51. The van der Waals surface area contributed by atoms with Crippen molar-refractivity contribution in [3.8, 4) is 5.75 Å². The van der Waals surface area contributed by atoms with Gasteiger partial charge in [0.2, 0.25) is 0 Å². The van der Waals surface area contributed by atoms with E-state index in [2.05, 4.69) is 41.3 Å². The lowest BCUT2D eigenvalue weighted by atomic mass is 10.1. The number of phenols is 1. The minimum atomic E-state index is 0.315. The van der Waals surface area contributed by atoms with Crippen molar-refractivity contribution in [2.45, 2.75) is 13.1 Å². The second kappa shape index (κ2) is 5.29. The highest BCUT2D eigenvalue weighted by atomic mass is 16.3. The van der Waals surface area contributed by atoms with E-state index in [-0.39, 0.29) is 0 Å². The average molecular weight is 251 g/mol. The first kappa shape index (κ1) is 12.0. The number of hydrogen-bond donors (Lipinski definition) is 1. The molecule has 0 saturated heterocycles. The van der Waals surface area contributed by atoms with Crippen LogP contribution in [0.4, 0.5) is 0 Å². The fraction of sp³-hybridized carbons (Fsp3) is 0.176. The van der Waals surface area contributed by atoms with Crippen LogP contribution in [0.5, 0.6) is 5.75 Å². The van der Waals surface area contributed by atoms with E-state index in [1.165, 1.54) is 11.1 Å². The predicted molar refractivity (Wildman–Crippen MR) is 77.7 cm³/mol. The van der Waals surface area contributed by atoms with Crippen LogP contribution in [0.3, 0.4) is 0 Å². The van der Waals surface area contributed by atoms with Gasteiger partial charge in [-0.05, 0) is 28.8 Å². The molecule has 1 aliphatic heterocycles. The van der Waals surface area contributed by atoms with Gasteiger partial charge in [-0.2, -0.15) is 0 Å². The predicted octanol–water partition coefficient (Wildman–Crippen LogP) is 3.42. The molecule has 3 rings (SSSR count). The molecule has 0 radical (unpaired) electrons. The van der Waals surface area contributed by atoms with Gasteiger partial charge < -0.3 is 5.11 Å². The zero-order valence-electron chi connectivity index (χ0n) is 10.8. The molecule has 0 atom stereocenters. The molecule has 1 N–H and O–H groups in total. The van der Waals surface area contributed by atoms with Crippen LogP contribution < -0.4 is 0 Å². The molecule has 2 aromatic carbocycles. The van der Waals surface area contributed by atoms with Crippen LogP contribution in [0.25, 0.3) is 6.08 Å². The summed E-state index contributed by atoms with van der Waals surface area (Å²) in [4.78, 5) is 2.41. The van der Waals surface area contributed by atoms with Crippen LogP contribution in [0, 0.1) is 0 Å². The number of benzene rings is 2. The third kappa shape index (κ3) is 2.85. The molecule has 2 nitrogen and oxygen atoms in total. The molecule has 0 unspecified atom stereocenters. The summed E-state index contributed by atoms with van der Waals surface area (Å²) < 4.78 is 0. The Kier molecular flexibility index (Phi) is 3.34. The normalized spacial score (nSPS) is 14.9. The molecule has 2 aromatic rings. The van der Waals surface area contributed by atoms with Crippen LogP contribution in [0.2, 0.25) is 0 Å². The summed E-state index contributed by atoms with van der Waals surface area (Å²) in [6, 6.07) is 15.9. The molecule has 96 valence electrons. The highest BCUT2D eigenvalue weighted by Crippen LogP contribution is 2.21. The van der Waals surface area contributed by atoms with Crippen LogP contribution in [-0.4, -0.2) is 16.6 Å². The first-order valence-electron chi connectivity index (χ1n) is 6.56. The van der Waals surface area contributed by atoms with Gasteiger partial charge in [-0.1, -0.05) is 48.6 Å². The maximum atomic E-state index is 9.40. The highest BCUT2D eigenvalue weighted by Gasteiger charge is 2.16. The van der Waals surface area contributed by atoms with E-state index in [0.29, 0.717) is 5.75 Å². The number of rotatable bonds is 3. The van der Waals surface area contributed by atoms with Crippen molar-refractivity contribution in [2.24, 2.45) is 0 Å². The van der Waals surface area contributed by atoms with E-state index < -0.39 is 0 Å². The SMILES string of the molecule is Oc1cccc(C=CCN2Cc3ccccc3C2)c1. The summed E-state index contributed by atoms with van der Waals surface area (Å²) >= 11 is 0. The standard InChI is InChI=1S/C17H17NO/c19-17-9-3-5-14(11-17)6-4-10-18-12-15-7-1-2-8-16(15)13-18/h1-9,11,19H,10,12-13H2. The summed E-state index contributed by atoms with van der Waals surface area (Å²) in [7, 11) is 0. The number of hydrogen-bond acceptors (Lipinski definition) is 2. The minimum Gasteiger partial charge on any atom is -0.508 e. The summed E-state index contributed by atoms with van der Waals surface area (Å²) in [6.45, 7) is 2.99. The number of nitrogens with zero attached hydrogens (tertiary/aromatic N) is 1. The molecule has 0 aromatic heterocycles. The van der Waals surface area contributed by atoms with Gasteiger partial charge in [0.15, 0.2) is 0 Å². The molecular formula is C17H17NO. The molecule has 0 aliphatic carbocycles. The zero-order chi connectivity index (χ0) is 13.1. The quantitative estimate of drug-likeness (QED) is 0.903. The largest absolute Gasteiger partial charge is 0.508 e. The Bertz CT molecular complexity index is 579. The monoisotopic (exact) mass is 251 g/mol. The smallest absolute Gasteiger partial charge is 0.116 e. The van der Waals surface area contributed by atoms with Crippen LogP contribution >= 0.6 is 0 Å². The Hall–Kier alpha value is -2.06. The van der Waals surface area contributed by atoms with Crippen molar-refractivity contribution in [2.75, 3.05) is 6.54 Å². The Labute approximate surface area is 113 Å². The van der Waals surface area contributed by atoms with E-state index in [0.717, 1.165) is 25.2 Å². The molecule has 1 heterocycles. The lowest BCUT2D eigenvalue weighted by molar-refractivity contribution is 0.317. The van der Waals surface area contributed by atoms with E-state index in [1.807, 2.05) is 12.1 Å². The summed E-state index contributed by atoms with van der Waals surface area (Å²) in [5, 5.41) is 9.40. The molecule has 0 bridgehead atoms. The van der Waals surface area contributed by atoms with Crippen molar-refractivity contribution >= 4 is 6.08 Å². The van der Waals surface area contributed by atoms with E-state index >= 15 is 0 Å². The van der Waals surface area contributed by atoms with Gasteiger partial charge >= 0.3 is 0 Å². The van der Waals surface area contributed by atoms with Crippen molar-refractivity contribution in [1.82, 2.24) is 4.90 Å². The second-order valence-electron chi connectivity index (χ2n) is 4.94. The summed E-state index contributed by atoms with van der Waals surface area (Å²) in [5.74, 6) is 0.315. The van der Waals surface area contributed by atoms with Gasteiger partial charge in [0.05, 0.1) is 0 Å². The van der Waals surface area contributed by atoms with Crippen molar-refractivity contribution in [3.63, 3.8) is 0 Å². The van der Waals surface area contributed by atoms with Crippen LogP contribution in [-0.2, 0) is 13.1 Å². The third-order valence-electron chi connectivity index (χ3n) is 3.45. The lowest BCUT2D eigenvalue weighted by Gasteiger charge is -2.11.